The number of nitrogens with one attached hydrogen (secondary N) is 2. The molecule has 2 aromatic rings. The van der Waals surface area contributed by atoms with Gasteiger partial charge in [-0.25, -0.2) is 9.97 Å². The second kappa shape index (κ2) is 5.11. The first-order chi connectivity index (χ1) is 7.81. The molecule has 2 rings (SSSR count). The second-order valence-electron chi connectivity index (χ2n) is 3.26. The van der Waals surface area contributed by atoms with Crippen LogP contribution >= 0.6 is 11.8 Å². The molecule has 0 atom stereocenters. The topological polar surface area (TPSA) is 83.1 Å². The normalized spacial score (nSPS) is 10.9. The van der Waals surface area contributed by atoms with Gasteiger partial charge in [-0.15, -0.1) is 5.10 Å². The zero-order chi connectivity index (χ0) is 11.4. The summed E-state index contributed by atoms with van der Waals surface area (Å²) in [6, 6.07) is 0. The van der Waals surface area contributed by atoms with Crippen LogP contribution in [-0.4, -0.2) is 30.4 Å². The number of aromatic amines is 2. The SMILES string of the molecule is CCc1n[nH]c(CSc2n[nH]c(CC)n2)n1. The van der Waals surface area contributed by atoms with Crippen LogP contribution < -0.4 is 0 Å². The molecule has 0 saturated heterocycles. The van der Waals surface area contributed by atoms with Crippen LogP contribution in [0.25, 0.3) is 0 Å². The van der Waals surface area contributed by atoms with E-state index < -0.39 is 0 Å². The van der Waals surface area contributed by atoms with E-state index >= 15 is 0 Å². The van der Waals surface area contributed by atoms with Gasteiger partial charge in [0.2, 0.25) is 5.16 Å². The van der Waals surface area contributed by atoms with Crippen LogP contribution in [0.3, 0.4) is 0 Å². The minimum absolute atomic E-state index is 0.716. The molecule has 0 aromatic carbocycles. The van der Waals surface area contributed by atoms with Gasteiger partial charge in [0, 0.05) is 12.8 Å². The van der Waals surface area contributed by atoms with Crippen LogP contribution in [0, 0.1) is 0 Å². The predicted molar refractivity (Wildman–Crippen MR) is 61.1 cm³/mol. The number of aromatic nitrogens is 6. The number of thioether (sulfide) groups is 1. The van der Waals surface area contributed by atoms with Gasteiger partial charge in [-0.3, -0.25) is 10.2 Å². The molecule has 16 heavy (non-hydrogen) atoms. The first-order valence-corrected chi connectivity index (χ1v) is 6.24. The minimum Gasteiger partial charge on any atom is -0.262 e. The van der Waals surface area contributed by atoms with Crippen molar-refractivity contribution in [3.8, 4) is 0 Å². The number of nitrogens with zero attached hydrogens (tertiary/aromatic N) is 4. The Labute approximate surface area is 97.7 Å². The average molecular weight is 238 g/mol. The molecule has 0 radical (unpaired) electrons. The molecule has 0 amide bonds. The Hall–Kier alpha value is -1.37. The number of hydrogen-bond acceptors (Lipinski definition) is 5. The summed E-state index contributed by atoms with van der Waals surface area (Å²) in [4.78, 5) is 8.62. The van der Waals surface area contributed by atoms with Gasteiger partial charge in [-0.05, 0) is 0 Å². The van der Waals surface area contributed by atoms with E-state index in [1.807, 2.05) is 13.8 Å². The van der Waals surface area contributed by atoms with Crippen LogP contribution in [0.5, 0.6) is 0 Å². The number of hydrogen-bond donors (Lipinski definition) is 2. The molecule has 0 saturated carbocycles. The third kappa shape index (κ3) is 2.60. The molecule has 0 fully saturated rings. The number of rotatable bonds is 5. The highest BCUT2D eigenvalue weighted by Gasteiger charge is 2.05. The summed E-state index contributed by atoms with van der Waals surface area (Å²) in [6.45, 7) is 4.07. The Morgan fingerprint density at radius 2 is 1.81 bits per heavy atom. The third-order valence-electron chi connectivity index (χ3n) is 2.08. The molecule has 0 spiro atoms. The van der Waals surface area contributed by atoms with Crippen LogP contribution in [0.15, 0.2) is 5.16 Å². The summed E-state index contributed by atoms with van der Waals surface area (Å²) in [5.74, 6) is 3.34. The van der Waals surface area contributed by atoms with Crippen LogP contribution in [0.1, 0.15) is 31.3 Å². The highest BCUT2D eigenvalue weighted by atomic mass is 32.2. The van der Waals surface area contributed by atoms with E-state index in [4.69, 9.17) is 0 Å². The van der Waals surface area contributed by atoms with E-state index in [1.54, 1.807) is 11.8 Å². The van der Waals surface area contributed by atoms with Gasteiger partial charge < -0.3 is 0 Å². The highest BCUT2D eigenvalue weighted by molar-refractivity contribution is 7.98. The quantitative estimate of drug-likeness (QED) is 0.768. The molecule has 0 bridgehead atoms. The molecule has 2 heterocycles. The van der Waals surface area contributed by atoms with Crippen molar-refractivity contribution in [2.24, 2.45) is 0 Å². The Morgan fingerprint density at radius 3 is 2.44 bits per heavy atom. The van der Waals surface area contributed by atoms with Gasteiger partial charge in [0.1, 0.15) is 17.5 Å². The van der Waals surface area contributed by atoms with E-state index in [-0.39, 0.29) is 0 Å². The van der Waals surface area contributed by atoms with Crippen LogP contribution in [-0.2, 0) is 18.6 Å². The lowest BCUT2D eigenvalue weighted by molar-refractivity contribution is 0.940. The minimum atomic E-state index is 0.716. The summed E-state index contributed by atoms with van der Waals surface area (Å²) in [7, 11) is 0. The Bertz CT molecular complexity index is 406. The van der Waals surface area contributed by atoms with Crippen LogP contribution in [0.2, 0.25) is 0 Å². The molecule has 0 aliphatic carbocycles. The van der Waals surface area contributed by atoms with Crippen molar-refractivity contribution < 1.29 is 0 Å². The standard InChI is InChI=1S/C9H14N6S/c1-3-6-10-8(14-12-6)5-16-9-11-7(4-2)13-15-9/h3-5H2,1-2H3,(H,10,12,14)(H,11,13,15). The van der Waals surface area contributed by atoms with E-state index in [9.17, 15) is 0 Å². The first kappa shape index (κ1) is 11.1. The van der Waals surface area contributed by atoms with E-state index in [1.165, 1.54) is 0 Å². The molecule has 2 N–H and O–H groups in total. The number of H-pyrrole nitrogens is 2. The lowest BCUT2D eigenvalue weighted by atomic mass is 10.5. The van der Waals surface area contributed by atoms with E-state index in [0.717, 1.165) is 35.5 Å². The fraction of sp³-hybridized carbons (Fsp3) is 0.556. The lowest BCUT2D eigenvalue weighted by Gasteiger charge is -1.90. The van der Waals surface area contributed by atoms with Gasteiger partial charge in [0.15, 0.2) is 0 Å². The maximum atomic E-state index is 4.32. The van der Waals surface area contributed by atoms with Crippen LogP contribution in [0.4, 0.5) is 0 Å². The Morgan fingerprint density at radius 1 is 1.00 bits per heavy atom. The largest absolute Gasteiger partial charge is 0.262 e. The second-order valence-corrected chi connectivity index (χ2v) is 4.20. The molecule has 0 aliphatic rings. The van der Waals surface area contributed by atoms with Gasteiger partial charge in [0.25, 0.3) is 0 Å². The zero-order valence-corrected chi connectivity index (χ0v) is 10.1. The summed E-state index contributed by atoms with van der Waals surface area (Å²) in [5, 5.41) is 14.7. The maximum absolute atomic E-state index is 4.32. The average Bonchev–Trinajstić information content (AvgIpc) is 2.95. The molecule has 0 unspecified atom stereocenters. The van der Waals surface area contributed by atoms with Crippen molar-refractivity contribution in [3.05, 3.63) is 17.5 Å². The van der Waals surface area contributed by atoms with E-state index in [0.29, 0.717) is 5.75 Å². The van der Waals surface area contributed by atoms with Crippen molar-refractivity contribution >= 4 is 11.8 Å². The molecule has 7 heteroatoms. The van der Waals surface area contributed by atoms with Crippen molar-refractivity contribution in [2.75, 3.05) is 0 Å². The van der Waals surface area contributed by atoms with Gasteiger partial charge >= 0.3 is 0 Å². The molecule has 6 nitrogen and oxygen atoms in total. The van der Waals surface area contributed by atoms with Crippen molar-refractivity contribution in [1.82, 2.24) is 30.4 Å². The van der Waals surface area contributed by atoms with Crippen molar-refractivity contribution in [2.45, 2.75) is 37.6 Å². The Kier molecular flexibility index (Phi) is 3.55. The van der Waals surface area contributed by atoms with E-state index in [2.05, 4.69) is 30.4 Å². The highest BCUT2D eigenvalue weighted by Crippen LogP contribution is 2.16. The van der Waals surface area contributed by atoms with Gasteiger partial charge in [-0.2, -0.15) is 5.10 Å². The predicted octanol–water partition coefficient (Wildman–Crippen LogP) is 1.34. The number of aryl methyl sites for hydroxylation is 2. The zero-order valence-electron chi connectivity index (χ0n) is 9.32. The molecule has 0 aliphatic heterocycles. The molecule has 86 valence electrons. The van der Waals surface area contributed by atoms with Crippen molar-refractivity contribution in [3.63, 3.8) is 0 Å². The lowest BCUT2D eigenvalue weighted by Crippen LogP contribution is -1.86. The molecular weight excluding hydrogens is 224 g/mol. The fourth-order valence-electron chi connectivity index (χ4n) is 1.19. The smallest absolute Gasteiger partial charge is 0.208 e. The first-order valence-electron chi connectivity index (χ1n) is 5.26. The summed E-state index contributed by atoms with van der Waals surface area (Å²) >= 11 is 1.55. The van der Waals surface area contributed by atoms with Crippen molar-refractivity contribution in [1.29, 1.82) is 0 Å². The third-order valence-corrected chi connectivity index (χ3v) is 2.94. The maximum Gasteiger partial charge on any atom is 0.208 e. The monoisotopic (exact) mass is 238 g/mol. The summed E-state index contributed by atoms with van der Waals surface area (Å²) in [5.41, 5.74) is 0. The van der Waals surface area contributed by atoms with Gasteiger partial charge in [0.05, 0.1) is 5.75 Å². The van der Waals surface area contributed by atoms with Gasteiger partial charge in [-0.1, -0.05) is 25.6 Å². The molecule has 2 aromatic heterocycles. The summed E-state index contributed by atoms with van der Waals surface area (Å²) in [6.07, 6.45) is 1.72. The molecular formula is C9H14N6S. The Balaban J connectivity index is 1.91. The fourth-order valence-corrected chi connectivity index (χ4v) is 1.87. The summed E-state index contributed by atoms with van der Waals surface area (Å²) < 4.78 is 0.